The van der Waals surface area contributed by atoms with Crippen molar-refractivity contribution in [1.29, 1.82) is 0 Å². The van der Waals surface area contributed by atoms with Crippen LogP contribution in [0.1, 0.15) is 41.5 Å². The Morgan fingerprint density at radius 1 is 0.605 bits per heavy atom. The van der Waals surface area contributed by atoms with Gasteiger partial charge in [0.2, 0.25) is 11.8 Å². The van der Waals surface area contributed by atoms with Gasteiger partial charge in [-0.2, -0.15) is 0 Å². The molecule has 2 unspecified atom stereocenters. The lowest BCUT2D eigenvalue weighted by Gasteiger charge is -2.20. The molecule has 2 aromatic carbocycles. The maximum atomic E-state index is 12.2. The molecule has 0 saturated heterocycles. The van der Waals surface area contributed by atoms with E-state index >= 15 is 0 Å². The Balaban J connectivity index is 0.000000380. The first-order valence-corrected chi connectivity index (χ1v) is 16.5. The van der Waals surface area contributed by atoms with Crippen LogP contribution in [0.15, 0.2) is 60.7 Å². The summed E-state index contributed by atoms with van der Waals surface area (Å²) in [5, 5.41) is 11.0. The predicted octanol–water partition coefficient (Wildman–Crippen LogP) is 4.78. The number of hydrogen-bond acceptors (Lipinski definition) is 8. The number of carbonyl (C=O) groups is 2. The molecule has 12 heteroatoms. The number of amides is 2. The molecule has 38 heavy (non-hydrogen) atoms. The van der Waals surface area contributed by atoms with Crippen LogP contribution in [0.4, 0.5) is 0 Å². The molecule has 2 aromatic rings. The van der Waals surface area contributed by atoms with Gasteiger partial charge in [0.25, 0.3) is 0 Å². The van der Waals surface area contributed by atoms with Gasteiger partial charge in [-0.15, -0.1) is 0 Å². The van der Waals surface area contributed by atoms with Gasteiger partial charge in [0.1, 0.15) is 11.5 Å². The number of rotatable bonds is 12. The van der Waals surface area contributed by atoms with Crippen LogP contribution >= 0.6 is 15.0 Å². The van der Waals surface area contributed by atoms with Crippen molar-refractivity contribution in [1.82, 2.24) is 20.8 Å². The molecule has 2 amide bonds. The van der Waals surface area contributed by atoms with Gasteiger partial charge in [0, 0.05) is 25.4 Å². The van der Waals surface area contributed by atoms with Crippen LogP contribution < -0.4 is 29.9 Å². The molecule has 0 fully saturated rings. The zero-order valence-electron chi connectivity index (χ0n) is 23.4. The quantitative estimate of drug-likeness (QED) is 0.269. The third-order valence-corrected chi connectivity index (χ3v) is 7.00. The third-order valence-electron chi connectivity index (χ3n) is 4.63. The van der Waals surface area contributed by atoms with E-state index in [1.165, 1.54) is 13.3 Å². The highest BCUT2D eigenvalue weighted by Gasteiger charge is 2.25. The minimum absolute atomic E-state index is 0.173. The van der Waals surface area contributed by atoms with Crippen LogP contribution in [-0.2, 0) is 18.7 Å². The first-order chi connectivity index (χ1) is 17.6. The van der Waals surface area contributed by atoms with Crippen molar-refractivity contribution in [3.63, 3.8) is 0 Å². The Morgan fingerprint density at radius 2 is 0.895 bits per heavy atom. The lowest BCUT2D eigenvalue weighted by atomic mass is 10.3. The van der Waals surface area contributed by atoms with Crippen molar-refractivity contribution in [2.45, 2.75) is 65.7 Å². The van der Waals surface area contributed by atoms with Crippen LogP contribution in [0.2, 0.25) is 0 Å². The molecular weight excluding hydrogens is 526 g/mol. The number of para-hydroxylation sites is 2. The third kappa shape index (κ3) is 14.3. The predicted molar refractivity (Wildman–Crippen MR) is 153 cm³/mol. The molecule has 0 aromatic heterocycles. The second kappa shape index (κ2) is 15.7. The Hall–Kier alpha value is -2.64. The molecule has 212 valence electrons. The molecule has 0 bridgehead atoms. The van der Waals surface area contributed by atoms with Gasteiger partial charge >= 0.3 is 15.0 Å². The van der Waals surface area contributed by atoms with Crippen LogP contribution in [0, 0.1) is 0 Å². The summed E-state index contributed by atoms with van der Waals surface area (Å²) in [6.07, 6.45) is 0. The minimum Gasteiger partial charge on any atom is -0.429 e. The Bertz CT molecular complexity index is 1010. The van der Waals surface area contributed by atoms with E-state index in [1.807, 2.05) is 39.8 Å². The van der Waals surface area contributed by atoms with Crippen molar-refractivity contribution >= 4 is 26.9 Å². The number of hydrogen-bond donors (Lipinski definition) is 4. The average molecular weight is 569 g/mol. The van der Waals surface area contributed by atoms with Gasteiger partial charge < -0.3 is 19.7 Å². The SMILES string of the molecule is CC(C)NC(C)C(=O)N[P@@](C)(=O)Oc1ccccc1.CC(C)NC(C)C(=O)N[P@](C)(=O)Oc1ccccc1. The summed E-state index contributed by atoms with van der Waals surface area (Å²) >= 11 is 0. The molecule has 0 saturated carbocycles. The van der Waals surface area contributed by atoms with Crippen molar-refractivity contribution in [2.24, 2.45) is 0 Å². The van der Waals surface area contributed by atoms with E-state index in [0.717, 1.165) is 0 Å². The van der Waals surface area contributed by atoms with Gasteiger partial charge in [-0.05, 0) is 38.1 Å². The minimum atomic E-state index is -3.21. The highest BCUT2D eigenvalue weighted by atomic mass is 31.2. The van der Waals surface area contributed by atoms with E-state index in [9.17, 15) is 18.7 Å². The van der Waals surface area contributed by atoms with Crippen LogP contribution in [0.5, 0.6) is 11.5 Å². The van der Waals surface area contributed by atoms with Gasteiger partial charge in [-0.3, -0.25) is 28.9 Å². The van der Waals surface area contributed by atoms with E-state index < -0.39 is 27.1 Å². The molecule has 2 rings (SSSR count). The highest BCUT2D eigenvalue weighted by molar-refractivity contribution is 7.57. The van der Waals surface area contributed by atoms with E-state index in [-0.39, 0.29) is 23.9 Å². The van der Waals surface area contributed by atoms with Gasteiger partial charge in [0.05, 0.1) is 12.1 Å². The fraction of sp³-hybridized carbons (Fsp3) is 0.462. The molecule has 0 radical (unpaired) electrons. The zero-order chi connectivity index (χ0) is 28.9. The van der Waals surface area contributed by atoms with E-state index in [2.05, 4.69) is 20.8 Å². The van der Waals surface area contributed by atoms with Gasteiger partial charge in [-0.1, -0.05) is 64.1 Å². The number of nitrogens with one attached hydrogen (secondary N) is 4. The summed E-state index contributed by atoms with van der Waals surface area (Å²) in [6.45, 7) is 14.0. The van der Waals surface area contributed by atoms with E-state index in [1.54, 1.807) is 62.4 Å². The fourth-order valence-corrected chi connectivity index (χ4v) is 5.48. The second-order valence-electron chi connectivity index (χ2n) is 9.54. The maximum absolute atomic E-state index is 12.2. The average Bonchev–Trinajstić information content (AvgIpc) is 2.78. The Labute approximate surface area is 226 Å². The molecule has 0 aliphatic rings. The topological polar surface area (TPSA) is 135 Å². The monoisotopic (exact) mass is 568 g/mol. The summed E-state index contributed by atoms with van der Waals surface area (Å²) in [6, 6.07) is 17.0. The summed E-state index contributed by atoms with van der Waals surface area (Å²) < 4.78 is 35.1. The van der Waals surface area contributed by atoms with Gasteiger partial charge in [-0.25, -0.2) is 0 Å². The summed E-state index contributed by atoms with van der Waals surface area (Å²) in [5.41, 5.74) is 0. The summed E-state index contributed by atoms with van der Waals surface area (Å²) in [7, 11) is -6.41. The molecule has 10 nitrogen and oxygen atoms in total. The van der Waals surface area contributed by atoms with E-state index in [4.69, 9.17) is 9.05 Å². The first kappa shape index (κ1) is 33.4. The summed E-state index contributed by atoms with van der Waals surface area (Å²) in [5.74, 6) is 0.266. The first-order valence-electron chi connectivity index (χ1n) is 12.4. The molecule has 0 spiro atoms. The van der Waals surface area contributed by atoms with Crippen molar-refractivity contribution in [2.75, 3.05) is 13.3 Å². The Kier molecular flexibility index (Phi) is 13.8. The fourth-order valence-electron chi connectivity index (χ4n) is 3.16. The molecular formula is C26H42N4O6P2. The van der Waals surface area contributed by atoms with Crippen molar-refractivity contribution < 1.29 is 27.8 Å². The van der Waals surface area contributed by atoms with E-state index in [0.29, 0.717) is 11.5 Å². The molecule has 4 N–H and O–H groups in total. The number of carbonyl (C=O) groups excluding carboxylic acids is 2. The lowest BCUT2D eigenvalue weighted by Crippen LogP contribution is -2.44. The van der Waals surface area contributed by atoms with Crippen LogP contribution in [0.3, 0.4) is 0 Å². The standard InChI is InChI=1S/2C13H21N2O3P/c2*1-10(2)14-11(3)13(16)15-19(4,17)18-12-8-6-5-7-9-12/h2*5-11,14H,1-4H3,(H,15,16,17)/t2*11?,19-/m10/s1. The maximum Gasteiger partial charge on any atom is 0.340 e. The normalized spacial score (nSPS) is 15.6. The lowest BCUT2D eigenvalue weighted by molar-refractivity contribution is -0.122. The molecule has 0 aliphatic carbocycles. The number of benzene rings is 2. The Morgan fingerprint density at radius 3 is 1.16 bits per heavy atom. The molecule has 0 heterocycles. The molecule has 0 aliphatic heterocycles. The van der Waals surface area contributed by atoms with Crippen molar-refractivity contribution in [3.8, 4) is 11.5 Å². The zero-order valence-corrected chi connectivity index (χ0v) is 25.2. The van der Waals surface area contributed by atoms with Crippen molar-refractivity contribution in [3.05, 3.63) is 60.7 Å². The van der Waals surface area contributed by atoms with Gasteiger partial charge in [0.15, 0.2) is 0 Å². The summed E-state index contributed by atoms with van der Waals surface area (Å²) in [4.78, 5) is 23.7. The smallest absolute Gasteiger partial charge is 0.340 e. The highest BCUT2D eigenvalue weighted by Crippen LogP contribution is 2.39. The van der Waals surface area contributed by atoms with Crippen LogP contribution in [0.25, 0.3) is 0 Å². The van der Waals surface area contributed by atoms with Crippen LogP contribution in [-0.4, -0.2) is 49.3 Å². The largest absolute Gasteiger partial charge is 0.429 e. The molecule has 4 atom stereocenters. The second-order valence-corrected chi connectivity index (χ2v) is 13.7.